The predicted molar refractivity (Wildman–Crippen MR) is 93.6 cm³/mol. The molecule has 1 aliphatic heterocycles. The first kappa shape index (κ1) is 16.2. The smallest absolute Gasteiger partial charge is 0.0412 e. The average molecular weight is 289 g/mol. The number of nitrogens with one attached hydrogen (secondary N) is 1. The van der Waals surface area contributed by atoms with Gasteiger partial charge in [0, 0.05) is 50.6 Å². The van der Waals surface area contributed by atoms with Crippen LogP contribution in [0, 0.1) is 12.8 Å². The number of nitrogens with zero attached hydrogens (tertiary/aromatic N) is 2. The van der Waals surface area contributed by atoms with Gasteiger partial charge in [-0.2, -0.15) is 0 Å². The van der Waals surface area contributed by atoms with E-state index in [1.165, 1.54) is 23.4 Å². The topological polar surface area (TPSA) is 18.5 Å². The molecule has 0 saturated carbocycles. The van der Waals surface area contributed by atoms with Crippen LogP contribution in [-0.2, 0) is 0 Å². The number of benzene rings is 1. The van der Waals surface area contributed by atoms with Crippen molar-refractivity contribution in [1.29, 1.82) is 0 Å². The quantitative estimate of drug-likeness (QED) is 0.918. The number of anilines is 2. The average Bonchev–Trinajstić information content (AvgIpc) is 2.46. The fourth-order valence-corrected chi connectivity index (χ4v) is 3.21. The molecule has 1 N–H and O–H groups in total. The van der Waals surface area contributed by atoms with Gasteiger partial charge in [-0.25, -0.2) is 0 Å². The monoisotopic (exact) mass is 289 g/mol. The Morgan fingerprint density at radius 2 is 2.05 bits per heavy atom. The molecule has 0 bridgehead atoms. The molecule has 0 amide bonds. The highest BCUT2D eigenvalue weighted by Crippen LogP contribution is 2.29. The number of aryl methyl sites for hydroxylation is 1. The second-order valence-corrected chi connectivity index (χ2v) is 6.84. The first-order chi connectivity index (χ1) is 9.93. The summed E-state index contributed by atoms with van der Waals surface area (Å²) in [6.45, 7) is 11.3. The lowest BCUT2D eigenvalue weighted by atomic mass is 9.97. The third kappa shape index (κ3) is 3.52. The summed E-state index contributed by atoms with van der Waals surface area (Å²) in [4.78, 5) is 4.81. The minimum atomic E-state index is 0.580. The van der Waals surface area contributed by atoms with E-state index in [9.17, 15) is 0 Å². The first-order valence-corrected chi connectivity index (χ1v) is 8.22. The fraction of sp³-hybridized carbons (Fsp3) is 0.667. The zero-order valence-corrected chi connectivity index (χ0v) is 14.5. The van der Waals surface area contributed by atoms with Gasteiger partial charge in [0.15, 0.2) is 0 Å². The van der Waals surface area contributed by atoms with E-state index in [1.807, 2.05) is 0 Å². The van der Waals surface area contributed by atoms with Gasteiger partial charge >= 0.3 is 0 Å². The molecule has 2 atom stereocenters. The Bertz CT molecular complexity index is 468. The molecule has 1 fully saturated rings. The van der Waals surface area contributed by atoms with Crippen LogP contribution in [0.3, 0.4) is 0 Å². The van der Waals surface area contributed by atoms with Crippen LogP contribution in [0.2, 0.25) is 0 Å². The van der Waals surface area contributed by atoms with Gasteiger partial charge in [-0.1, -0.05) is 26.8 Å². The maximum absolute atomic E-state index is 3.72. The molecule has 1 aromatic carbocycles. The van der Waals surface area contributed by atoms with Gasteiger partial charge in [0.25, 0.3) is 0 Å². The molecule has 1 heterocycles. The number of hydrogen-bond acceptors (Lipinski definition) is 3. The second-order valence-electron chi connectivity index (χ2n) is 6.84. The largest absolute Gasteiger partial charge is 0.377 e. The highest BCUT2D eigenvalue weighted by atomic mass is 15.2. The molecule has 3 heteroatoms. The molecule has 21 heavy (non-hydrogen) atoms. The lowest BCUT2D eigenvalue weighted by Crippen LogP contribution is -2.58. The van der Waals surface area contributed by atoms with Crippen molar-refractivity contribution in [1.82, 2.24) is 5.32 Å². The van der Waals surface area contributed by atoms with Gasteiger partial charge in [-0.15, -0.1) is 0 Å². The van der Waals surface area contributed by atoms with Crippen LogP contribution in [0.5, 0.6) is 0 Å². The van der Waals surface area contributed by atoms with Crippen LogP contribution < -0.4 is 15.1 Å². The Morgan fingerprint density at radius 3 is 2.62 bits per heavy atom. The summed E-state index contributed by atoms with van der Waals surface area (Å²) in [5.74, 6) is 0.670. The lowest BCUT2D eigenvalue weighted by molar-refractivity contribution is 0.325. The molecule has 2 rings (SSSR count). The van der Waals surface area contributed by atoms with Gasteiger partial charge < -0.3 is 15.1 Å². The van der Waals surface area contributed by atoms with Crippen molar-refractivity contribution in [2.45, 2.75) is 46.2 Å². The van der Waals surface area contributed by atoms with E-state index in [0.29, 0.717) is 18.0 Å². The lowest BCUT2D eigenvalue weighted by Gasteiger charge is -2.43. The minimum Gasteiger partial charge on any atom is -0.377 e. The zero-order chi connectivity index (χ0) is 15.6. The van der Waals surface area contributed by atoms with E-state index in [2.05, 4.69) is 75.1 Å². The van der Waals surface area contributed by atoms with Gasteiger partial charge in [-0.3, -0.25) is 0 Å². The van der Waals surface area contributed by atoms with Crippen molar-refractivity contribution in [3.63, 3.8) is 0 Å². The van der Waals surface area contributed by atoms with Gasteiger partial charge in [0.05, 0.1) is 0 Å². The molecule has 0 spiro atoms. The Balaban J connectivity index is 2.30. The normalized spacial score (nSPS) is 22.7. The molecule has 0 aliphatic carbocycles. The first-order valence-electron chi connectivity index (χ1n) is 8.22. The summed E-state index contributed by atoms with van der Waals surface area (Å²) >= 11 is 0. The number of piperazine rings is 1. The maximum Gasteiger partial charge on any atom is 0.0412 e. The van der Waals surface area contributed by atoms with E-state index in [1.54, 1.807) is 0 Å². The van der Waals surface area contributed by atoms with E-state index in [-0.39, 0.29) is 0 Å². The van der Waals surface area contributed by atoms with Crippen LogP contribution in [0.4, 0.5) is 11.4 Å². The zero-order valence-electron chi connectivity index (χ0n) is 14.5. The van der Waals surface area contributed by atoms with Gasteiger partial charge in [0.2, 0.25) is 0 Å². The SMILES string of the molecule is CCC1CNC(C(C)C)CN1c1ccc(C)c(N(C)C)c1. The highest BCUT2D eigenvalue weighted by molar-refractivity contribution is 5.63. The van der Waals surface area contributed by atoms with Gasteiger partial charge in [0.1, 0.15) is 0 Å². The number of rotatable bonds is 4. The third-order valence-corrected chi connectivity index (χ3v) is 4.73. The van der Waals surface area contributed by atoms with Crippen LogP contribution in [0.25, 0.3) is 0 Å². The summed E-state index contributed by atoms with van der Waals surface area (Å²) in [6, 6.07) is 8.06. The van der Waals surface area contributed by atoms with Crippen LogP contribution in [0.15, 0.2) is 18.2 Å². The van der Waals surface area contributed by atoms with Crippen molar-refractivity contribution in [3.8, 4) is 0 Å². The van der Waals surface area contributed by atoms with Crippen LogP contribution >= 0.6 is 0 Å². The summed E-state index contributed by atoms with van der Waals surface area (Å²) in [5, 5.41) is 3.72. The Kier molecular flexibility index (Phi) is 5.15. The molecule has 2 unspecified atom stereocenters. The van der Waals surface area contributed by atoms with Crippen LogP contribution in [0.1, 0.15) is 32.8 Å². The second kappa shape index (κ2) is 6.69. The Morgan fingerprint density at radius 1 is 1.33 bits per heavy atom. The molecule has 0 radical (unpaired) electrons. The highest BCUT2D eigenvalue weighted by Gasteiger charge is 2.28. The van der Waals surface area contributed by atoms with E-state index in [4.69, 9.17) is 0 Å². The molecular formula is C18H31N3. The van der Waals surface area contributed by atoms with Crippen molar-refractivity contribution in [2.75, 3.05) is 37.0 Å². The summed E-state index contributed by atoms with van der Waals surface area (Å²) in [7, 11) is 4.25. The van der Waals surface area contributed by atoms with Crippen LogP contribution in [-0.4, -0.2) is 39.3 Å². The summed E-state index contributed by atoms with van der Waals surface area (Å²) < 4.78 is 0. The molecule has 1 aliphatic rings. The standard InChI is InChI=1S/C18H31N3/c1-7-15-11-19-17(13(2)3)12-21(15)16-9-8-14(4)18(10-16)20(5)6/h8-10,13,15,17,19H,7,11-12H2,1-6H3. The molecule has 1 saturated heterocycles. The number of hydrogen-bond donors (Lipinski definition) is 1. The minimum absolute atomic E-state index is 0.580. The molecule has 3 nitrogen and oxygen atoms in total. The maximum atomic E-state index is 3.72. The summed E-state index contributed by atoms with van der Waals surface area (Å²) in [5.41, 5.74) is 4.03. The van der Waals surface area contributed by atoms with Gasteiger partial charge in [-0.05, 0) is 37.0 Å². The third-order valence-electron chi connectivity index (χ3n) is 4.73. The Labute approximate surface area is 130 Å². The fourth-order valence-electron chi connectivity index (χ4n) is 3.21. The van der Waals surface area contributed by atoms with Crippen molar-refractivity contribution in [2.24, 2.45) is 5.92 Å². The van der Waals surface area contributed by atoms with Crippen molar-refractivity contribution < 1.29 is 0 Å². The Hall–Kier alpha value is -1.22. The summed E-state index contributed by atoms with van der Waals surface area (Å²) in [6.07, 6.45) is 1.18. The molecule has 118 valence electrons. The van der Waals surface area contributed by atoms with E-state index < -0.39 is 0 Å². The molecule has 1 aromatic rings. The van der Waals surface area contributed by atoms with Crippen molar-refractivity contribution in [3.05, 3.63) is 23.8 Å². The van der Waals surface area contributed by atoms with Crippen molar-refractivity contribution >= 4 is 11.4 Å². The molecular weight excluding hydrogens is 258 g/mol. The predicted octanol–water partition coefficient (Wildman–Crippen LogP) is 3.27. The van der Waals surface area contributed by atoms with E-state index in [0.717, 1.165) is 13.1 Å². The molecule has 0 aromatic heterocycles. The van der Waals surface area contributed by atoms with E-state index >= 15 is 0 Å².